The molecular weight excluding hydrogens is 374 g/mol. The minimum atomic E-state index is -0.550. The molecule has 150 valence electrons. The Kier molecular flexibility index (Phi) is 4.10. The largest absolute Gasteiger partial charge is 0.495 e. The number of hydrogen-bond donors (Lipinski definition) is 1. The average Bonchev–Trinajstić information content (AvgIpc) is 3.33. The van der Waals surface area contributed by atoms with Gasteiger partial charge in [0.25, 0.3) is 5.56 Å². The zero-order chi connectivity index (χ0) is 20.1. The second-order valence-corrected chi connectivity index (χ2v) is 7.50. The number of methoxy groups -OCH3 is 1. The Bertz CT molecular complexity index is 1110. The Morgan fingerprint density at radius 2 is 1.97 bits per heavy atom. The van der Waals surface area contributed by atoms with Crippen molar-refractivity contribution in [3.8, 4) is 11.8 Å². The highest BCUT2D eigenvalue weighted by Gasteiger charge is 2.48. The van der Waals surface area contributed by atoms with Gasteiger partial charge in [-0.3, -0.25) is 4.79 Å². The predicted octanol–water partition coefficient (Wildman–Crippen LogP) is 0.659. The van der Waals surface area contributed by atoms with Crippen LogP contribution in [0.25, 0.3) is 0 Å². The number of piperazine rings is 1. The number of rotatable bonds is 3. The summed E-state index contributed by atoms with van der Waals surface area (Å²) < 4.78 is 12.4. The third-order valence-corrected chi connectivity index (χ3v) is 6.03. The zero-order valence-electron chi connectivity index (χ0n) is 16.0. The number of para-hydroxylation sites is 2. The fraction of sp³-hybridized carbons (Fsp3) is 0.450. The normalized spacial score (nSPS) is 25.0. The highest BCUT2D eigenvalue weighted by molar-refractivity contribution is 5.58. The highest BCUT2D eigenvalue weighted by atomic mass is 16.5. The molecule has 3 aliphatic rings. The Labute approximate surface area is 166 Å². The van der Waals surface area contributed by atoms with Gasteiger partial charge in [0.15, 0.2) is 0 Å². The van der Waals surface area contributed by atoms with E-state index in [4.69, 9.17) is 9.47 Å². The van der Waals surface area contributed by atoms with Gasteiger partial charge in [-0.1, -0.05) is 12.1 Å². The van der Waals surface area contributed by atoms with Crippen LogP contribution in [0.2, 0.25) is 0 Å². The van der Waals surface area contributed by atoms with Gasteiger partial charge in [0.2, 0.25) is 0 Å². The summed E-state index contributed by atoms with van der Waals surface area (Å²) in [5.74, 6) is 0.450. The standard InChI is InChI=1S/C20H21N5O4/c1-28-14-5-3-2-4-13(14)23-6-8-24(9-7-23)25-19(26)16-17(22-20(25)27)15-10-12(11-21)18(16)29-15/h2-5,12,15,18H,6-10H2,1H3,(H,22,27)/t12-,15-,18+/m0/s1. The third kappa shape index (κ3) is 2.63. The van der Waals surface area contributed by atoms with Crippen molar-refractivity contribution in [3.05, 3.63) is 56.4 Å². The summed E-state index contributed by atoms with van der Waals surface area (Å²) in [5.41, 5.74) is 1.14. The van der Waals surface area contributed by atoms with E-state index in [1.165, 1.54) is 4.68 Å². The molecule has 0 radical (unpaired) electrons. The maximum Gasteiger partial charge on any atom is 0.347 e. The van der Waals surface area contributed by atoms with Crippen molar-refractivity contribution in [1.29, 1.82) is 5.26 Å². The van der Waals surface area contributed by atoms with Crippen molar-refractivity contribution >= 4 is 5.69 Å². The van der Waals surface area contributed by atoms with E-state index in [9.17, 15) is 14.9 Å². The predicted molar refractivity (Wildman–Crippen MR) is 105 cm³/mol. The van der Waals surface area contributed by atoms with Crippen LogP contribution in [0.1, 0.15) is 29.9 Å². The first-order valence-corrected chi connectivity index (χ1v) is 9.69. The Hall–Kier alpha value is -3.25. The summed E-state index contributed by atoms with van der Waals surface area (Å²) in [6.07, 6.45) is -0.395. The Balaban J connectivity index is 1.43. The van der Waals surface area contributed by atoms with E-state index in [0.717, 1.165) is 11.4 Å². The molecule has 2 bridgehead atoms. The van der Waals surface area contributed by atoms with E-state index in [0.29, 0.717) is 43.9 Å². The summed E-state index contributed by atoms with van der Waals surface area (Å²) >= 11 is 0. The van der Waals surface area contributed by atoms with Crippen LogP contribution in [0.4, 0.5) is 5.69 Å². The lowest BCUT2D eigenvalue weighted by atomic mass is 9.88. The van der Waals surface area contributed by atoms with E-state index in [1.54, 1.807) is 12.1 Å². The Morgan fingerprint density at radius 1 is 1.21 bits per heavy atom. The molecule has 9 nitrogen and oxygen atoms in total. The SMILES string of the molecule is COc1ccccc1N1CCN(n2c(=O)[nH]c3c(c2=O)[C@@H]2O[C@H]3C[C@H]2C#N)CC1. The van der Waals surface area contributed by atoms with Crippen molar-refractivity contribution < 1.29 is 9.47 Å². The van der Waals surface area contributed by atoms with Crippen LogP contribution >= 0.6 is 0 Å². The monoisotopic (exact) mass is 395 g/mol. The minimum Gasteiger partial charge on any atom is -0.495 e. The highest BCUT2D eigenvalue weighted by Crippen LogP contribution is 2.51. The molecule has 2 aromatic rings. The summed E-state index contributed by atoms with van der Waals surface area (Å²) in [7, 11) is 1.64. The van der Waals surface area contributed by atoms with E-state index in [1.807, 2.05) is 24.3 Å². The molecule has 5 rings (SSSR count). The molecule has 1 aromatic heterocycles. The number of benzene rings is 1. The summed E-state index contributed by atoms with van der Waals surface area (Å²) in [6, 6.07) is 10.0. The molecule has 9 heteroatoms. The van der Waals surface area contributed by atoms with Gasteiger partial charge < -0.3 is 24.4 Å². The number of anilines is 1. The molecular formula is C20H21N5O4. The molecule has 0 aliphatic carbocycles. The van der Waals surface area contributed by atoms with Gasteiger partial charge in [0, 0.05) is 13.1 Å². The molecule has 29 heavy (non-hydrogen) atoms. The molecule has 0 saturated carbocycles. The van der Waals surface area contributed by atoms with Gasteiger partial charge in [0.05, 0.1) is 49.1 Å². The molecule has 3 aliphatic heterocycles. The zero-order valence-corrected chi connectivity index (χ0v) is 16.0. The number of H-pyrrole nitrogens is 1. The summed E-state index contributed by atoms with van der Waals surface area (Å²) in [6.45, 7) is 2.31. The number of aromatic nitrogens is 2. The smallest absolute Gasteiger partial charge is 0.347 e. The number of fused-ring (bicyclic) bond motifs is 5. The first kappa shape index (κ1) is 17.8. The van der Waals surface area contributed by atoms with Crippen molar-refractivity contribution in [2.45, 2.75) is 18.6 Å². The number of nitrogens with one attached hydrogen (secondary N) is 1. The van der Waals surface area contributed by atoms with Gasteiger partial charge in [-0.2, -0.15) is 9.94 Å². The van der Waals surface area contributed by atoms with Crippen molar-refractivity contribution in [1.82, 2.24) is 9.66 Å². The molecule has 0 spiro atoms. The second kappa shape index (κ2) is 6.67. The number of hydrogen-bond acceptors (Lipinski definition) is 7. The molecule has 1 N–H and O–H groups in total. The van der Waals surface area contributed by atoms with Crippen molar-refractivity contribution in [3.63, 3.8) is 0 Å². The van der Waals surface area contributed by atoms with E-state index in [2.05, 4.69) is 16.0 Å². The van der Waals surface area contributed by atoms with Crippen LogP contribution < -0.4 is 25.9 Å². The lowest BCUT2D eigenvalue weighted by Gasteiger charge is -2.37. The number of ether oxygens (including phenoxy) is 2. The van der Waals surface area contributed by atoms with Crippen molar-refractivity contribution in [2.75, 3.05) is 43.2 Å². The summed E-state index contributed by atoms with van der Waals surface area (Å²) in [4.78, 5) is 30.9. The van der Waals surface area contributed by atoms with Gasteiger partial charge in [-0.05, 0) is 18.6 Å². The third-order valence-electron chi connectivity index (χ3n) is 6.03. The van der Waals surface area contributed by atoms with Gasteiger partial charge in [0.1, 0.15) is 18.0 Å². The first-order valence-electron chi connectivity index (χ1n) is 9.69. The molecule has 2 saturated heterocycles. The molecule has 0 amide bonds. The fourth-order valence-corrected chi connectivity index (χ4v) is 4.63. The van der Waals surface area contributed by atoms with Gasteiger partial charge in [-0.25, -0.2) is 4.79 Å². The van der Waals surface area contributed by atoms with Crippen LogP contribution in [-0.4, -0.2) is 42.9 Å². The topological polar surface area (TPSA) is 104 Å². The lowest BCUT2D eigenvalue weighted by molar-refractivity contribution is 0.0639. The van der Waals surface area contributed by atoms with Crippen molar-refractivity contribution in [2.24, 2.45) is 5.92 Å². The molecule has 2 fully saturated rings. The van der Waals surface area contributed by atoms with Crippen LogP contribution in [0, 0.1) is 17.2 Å². The Morgan fingerprint density at radius 3 is 2.69 bits per heavy atom. The van der Waals surface area contributed by atoms with E-state index in [-0.39, 0.29) is 17.6 Å². The van der Waals surface area contributed by atoms with Gasteiger partial charge in [-0.15, -0.1) is 0 Å². The molecule has 3 atom stereocenters. The van der Waals surface area contributed by atoms with Crippen LogP contribution in [0.3, 0.4) is 0 Å². The fourth-order valence-electron chi connectivity index (χ4n) is 4.63. The maximum absolute atomic E-state index is 13.2. The molecule has 4 heterocycles. The minimum absolute atomic E-state index is 0.345. The lowest BCUT2D eigenvalue weighted by Crippen LogP contribution is -2.59. The number of nitriles is 1. The van der Waals surface area contributed by atoms with Crippen LogP contribution in [0.15, 0.2) is 33.9 Å². The van der Waals surface area contributed by atoms with Gasteiger partial charge >= 0.3 is 5.69 Å². The van der Waals surface area contributed by atoms with Crippen LogP contribution in [0.5, 0.6) is 5.75 Å². The second-order valence-electron chi connectivity index (χ2n) is 7.50. The quantitative estimate of drug-likeness (QED) is 0.814. The average molecular weight is 395 g/mol. The summed E-state index contributed by atoms with van der Waals surface area (Å²) in [5, 5.41) is 11.1. The van der Waals surface area contributed by atoms with E-state index >= 15 is 0 Å². The van der Waals surface area contributed by atoms with Crippen LogP contribution in [-0.2, 0) is 4.74 Å². The van der Waals surface area contributed by atoms with E-state index < -0.39 is 11.8 Å². The molecule has 0 unspecified atom stereocenters. The number of aromatic amines is 1. The molecule has 1 aromatic carbocycles. The number of nitrogens with zero attached hydrogens (tertiary/aromatic N) is 4. The maximum atomic E-state index is 13.2. The first-order chi connectivity index (χ1) is 14.1.